The molecule has 3 N–H and O–H groups in total. The summed E-state index contributed by atoms with van der Waals surface area (Å²) < 4.78 is 11.2. The van der Waals surface area contributed by atoms with Crippen LogP contribution in [0.3, 0.4) is 0 Å². The van der Waals surface area contributed by atoms with Crippen molar-refractivity contribution in [2.45, 2.75) is 64.3 Å². The van der Waals surface area contributed by atoms with Gasteiger partial charge in [0.1, 0.15) is 5.84 Å². The number of aliphatic imine (C=N–C) groups is 1. The molecule has 0 bridgehead atoms. The van der Waals surface area contributed by atoms with Crippen molar-refractivity contribution in [1.29, 1.82) is 0 Å². The molecule has 2 aromatic carbocycles. The van der Waals surface area contributed by atoms with Crippen LogP contribution in [0.1, 0.15) is 69.4 Å². The smallest absolute Gasteiger partial charge is 0.239 e. The van der Waals surface area contributed by atoms with Crippen LogP contribution in [0.25, 0.3) is 12.2 Å². The number of ether oxygens (including phenoxy) is 2. The number of carbonyl (C=O) groups is 3. The van der Waals surface area contributed by atoms with Gasteiger partial charge in [0.25, 0.3) is 0 Å². The molecule has 53 heavy (non-hydrogen) atoms. The van der Waals surface area contributed by atoms with E-state index >= 15 is 0 Å². The molecule has 0 unspecified atom stereocenters. The average Bonchev–Trinajstić information content (AvgIpc) is 3.51. The van der Waals surface area contributed by atoms with E-state index in [1.807, 2.05) is 55.4 Å². The second-order valence-corrected chi connectivity index (χ2v) is 14.2. The fourth-order valence-electron chi connectivity index (χ4n) is 6.31. The Morgan fingerprint density at radius 2 is 1.55 bits per heavy atom. The summed E-state index contributed by atoms with van der Waals surface area (Å²) in [5.41, 5.74) is 4.70. The third-order valence-electron chi connectivity index (χ3n) is 9.22. The second-order valence-electron chi connectivity index (χ2n) is 13.8. The molecule has 1 aliphatic heterocycles. The molecule has 1 aliphatic carbocycles. The summed E-state index contributed by atoms with van der Waals surface area (Å²) in [7, 11) is 4.02. The molecule has 12 heteroatoms. The van der Waals surface area contributed by atoms with Gasteiger partial charge in [-0.05, 0) is 86.1 Å². The van der Waals surface area contributed by atoms with Crippen LogP contribution in [-0.2, 0) is 23.9 Å². The first kappa shape index (κ1) is 41.6. The molecule has 0 radical (unpaired) electrons. The van der Waals surface area contributed by atoms with Gasteiger partial charge < -0.3 is 35.2 Å². The van der Waals surface area contributed by atoms with Crippen molar-refractivity contribution in [1.82, 2.24) is 15.5 Å². The number of unbranched alkanes of at least 4 members (excludes halogenated alkanes) is 3. The van der Waals surface area contributed by atoms with Crippen molar-refractivity contribution in [2.75, 3.05) is 76.3 Å². The molecule has 1 saturated carbocycles. The van der Waals surface area contributed by atoms with Gasteiger partial charge in [-0.3, -0.25) is 14.4 Å². The molecule has 0 saturated heterocycles. The van der Waals surface area contributed by atoms with Crippen molar-refractivity contribution in [3.63, 3.8) is 0 Å². The molecule has 2 aromatic rings. The van der Waals surface area contributed by atoms with E-state index in [-0.39, 0.29) is 36.2 Å². The van der Waals surface area contributed by atoms with E-state index in [2.05, 4.69) is 51.2 Å². The van der Waals surface area contributed by atoms with Gasteiger partial charge in [-0.1, -0.05) is 43.2 Å². The number of rotatable bonds is 21. The largest absolute Gasteiger partial charge is 0.379 e. The van der Waals surface area contributed by atoms with Gasteiger partial charge >= 0.3 is 0 Å². The van der Waals surface area contributed by atoms with E-state index in [0.29, 0.717) is 38.7 Å². The van der Waals surface area contributed by atoms with Crippen molar-refractivity contribution in [2.24, 2.45) is 10.9 Å². The standard InChI is InChI=1S/C41H57ClN6O5/c1-31(49)44-35-15-8-32(9-16-35)12-21-39-45-37(28-33-10-19-38(20-11-33)47(2)3)29-48(39)30-40(50)46-36-17-13-34(14-18-36)41(51)43-23-25-53-27-26-52-24-7-5-4-6-22-42/h8-12,15-16,19-21,28,34,36H,4-7,13-14,17-18,22-27,29-30H2,1-3H3,(H,43,51)(H,44,49)(H,46,50)/b21-12+,37-28+. The van der Waals surface area contributed by atoms with Gasteiger partial charge in [0.15, 0.2) is 0 Å². The Hall–Kier alpha value is -4.19. The lowest BCUT2D eigenvalue weighted by Gasteiger charge is -2.29. The fourth-order valence-corrected chi connectivity index (χ4v) is 6.50. The minimum Gasteiger partial charge on any atom is -0.379 e. The third kappa shape index (κ3) is 15.4. The van der Waals surface area contributed by atoms with E-state index in [1.54, 1.807) is 0 Å². The Balaban J connectivity index is 1.22. The number of hydrogen-bond acceptors (Lipinski definition) is 8. The highest BCUT2D eigenvalue weighted by atomic mass is 35.5. The van der Waals surface area contributed by atoms with Crippen LogP contribution in [-0.4, -0.2) is 101 Å². The lowest BCUT2D eigenvalue weighted by Crippen LogP contribution is -2.45. The topological polar surface area (TPSA) is 125 Å². The summed E-state index contributed by atoms with van der Waals surface area (Å²) in [6, 6.07) is 15.9. The molecule has 2 aliphatic rings. The van der Waals surface area contributed by atoms with Gasteiger partial charge in [-0.25, -0.2) is 4.99 Å². The molecule has 3 amide bonds. The maximum atomic E-state index is 13.3. The lowest BCUT2D eigenvalue weighted by atomic mass is 9.85. The van der Waals surface area contributed by atoms with E-state index in [9.17, 15) is 14.4 Å². The van der Waals surface area contributed by atoms with Crippen LogP contribution in [0.5, 0.6) is 0 Å². The number of nitrogens with zero attached hydrogens (tertiary/aromatic N) is 3. The molecule has 0 atom stereocenters. The van der Waals surface area contributed by atoms with Crippen molar-refractivity contribution in [3.8, 4) is 0 Å². The fraction of sp³-hybridized carbons (Fsp3) is 0.512. The van der Waals surface area contributed by atoms with Gasteiger partial charge in [0.05, 0.1) is 38.6 Å². The van der Waals surface area contributed by atoms with Crippen LogP contribution in [0, 0.1) is 5.92 Å². The van der Waals surface area contributed by atoms with Crippen molar-refractivity contribution in [3.05, 3.63) is 71.4 Å². The van der Waals surface area contributed by atoms with Crippen molar-refractivity contribution >= 4 is 58.7 Å². The number of anilines is 2. The summed E-state index contributed by atoms with van der Waals surface area (Å²) in [6.45, 7) is 4.89. The van der Waals surface area contributed by atoms with Crippen LogP contribution in [0.2, 0.25) is 0 Å². The summed E-state index contributed by atoms with van der Waals surface area (Å²) in [5, 5.41) is 8.99. The van der Waals surface area contributed by atoms with Gasteiger partial charge in [-0.15, -0.1) is 11.6 Å². The normalized spacial score (nSPS) is 17.9. The summed E-state index contributed by atoms with van der Waals surface area (Å²) in [6.07, 6.45) is 13.3. The van der Waals surface area contributed by atoms with Crippen LogP contribution >= 0.6 is 11.6 Å². The summed E-state index contributed by atoms with van der Waals surface area (Å²) >= 11 is 5.69. The Labute approximate surface area is 320 Å². The average molecular weight is 749 g/mol. The highest BCUT2D eigenvalue weighted by Gasteiger charge is 2.28. The maximum absolute atomic E-state index is 13.3. The second kappa shape index (κ2) is 22.8. The molecule has 4 rings (SSSR count). The van der Waals surface area contributed by atoms with Gasteiger partial charge in [0.2, 0.25) is 17.7 Å². The number of amides is 3. The highest BCUT2D eigenvalue weighted by Crippen LogP contribution is 2.25. The Morgan fingerprint density at radius 1 is 0.868 bits per heavy atom. The van der Waals surface area contributed by atoms with Crippen molar-refractivity contribution < 1.29 is 23.9 Å². The monoisotopic (exact) mass is 748 g/mol. The van der Waals surface area contributed by atoms with E-state index in [1.165, 1.54) is 6.92 Å². The molecule has 0 aromatic heterocycles. The number of alkyl halides is 1. The number of nitrogens with one attached hydrogen (secondary N) is 3. The first-order chi connectivity index (χ1) is 25.7. The first-order valence-corrected chi connectivity index (χ1v) is 19.4. The lowest BCUT2D eigenvalue weighted by molar-refractivity contribution is -0.126. The molecule has 288 valence electrons. The Bertz CT molecular complexity index is 1530. The Kier molecular flexibility index (Phi) is 17.9. The predicted molar refractivity (Wildman–Crippen MR) is 215 cm³/mol. The summed E-state index contributed by atoms with van der Waals surface area (Å²) in [4.78, 5) is 46.4. The quantitative estimate of drug-likeness (QED) is 0.104. The van der Waals surface area contributed by atoms with Crippen LogP contribution in [0.15, 0.2) is 65.3 Å². The zero-order chi connectivity index (χ0) is 37.8. The van der Waals surface area contributed by atoms with Crippen LogP contribution in [0.4, 0.5) is 11.4 Å². The molecule has 1 fully saturated rings. The minimum absolute atomic E-state index is 0.0288. The molecule has 11 nitrogen and oxygen atoms in total. The number of halogens is 1. The minimum atomic E-state index is -0.119. The maximum Gasteiger partial charge on any atom is 0.239 e. The number of hydrogen-bond donors (Lipinski definition) is 3. The number of carbonyl (C=O) groups excluding carboxylic acids is 3. The summed E-state index contributed by atoms with van der Waals surface area (Å²) in [5.74, 6) is 1.23. The van der Waals surface area contributed by atoms with Gasteiger partial charge in [-0.2, -0.15) is 0 Å². The SMILES string of the molecule is CC(=O)Nc1ccc(/C=C/C2=NC(=C/c3ccc(N(C)C)cc3)/CN2CC(=O)NC2CCC(C(=O)NCCOCCOCCCCCCCl)CC2)cc1. The number of amidine groups is 1. The Morgan fingerprint density at radius 3 is 2.23 bits per heavy atom. The third-order valence-corrected chi connectivity index (χ3v) is 9.49. The molecular weight excluding hydrogens is 692 g/mol. The molecule has 0 spiro atoms. The molecule has 1 heterocycles. The zero-order valence-electron chi connectivity index (χ0n) is 31.6. The van der Waals surface area contributed by atoms with E-state index in [4.69, 9.17) is 26.1 Å². The van der Waals surface area contributed by atoms with Gasteiger partial charge in [0, 0.05) is 63.4 Å². The zero-order valence-corrected chi connectivity index (χ0v) is 32.3. The van der Waals surface area contributed by atoms with E-state index in [0.717, 1.165) is 92.1 Å². The van der Waals surface area contributed by atoms with E-state index < -0.39 is 0 Å². The predicted octanol–water partition coefficient (Wildman–Crippen LogP) is 6.10. The first-order valence-electron chi connectivity index (χ1n) is 18.9. The molecular formula is C41H57ClN6O5. The number of benzene rings is 2. The van der Waals surface area contributed by atoms with Crippen LogP contribution < -0.4 is 20.9 Å². The highest BCUT2D eigenvalue weighted by molar-refractivity contribution is 6.17.